The van der Waals surface area contributed by atoms with Crippen molar-refractivity contribution in [2.24, 2.45) is 11.7 Å². The van der Waals surface area contributed by atoms with Gasteiger partial charge in [-0.1, -0.05) is 13.3 Å². The van der Waals surface area contributed by atoms with Crippen LogP contribution in [0.25, 0.3) is 0 Å². The average molecular weight is 255 g/mol. The monoisotopic (exact) mass is 255 g/mol. The van der Waals surface area contributed by atoms with Gasteiger partial charge in [0, 0.05) is 25.4 Å². The van der Waals surface area contributed by atoms with Crippen LogP contribution in [0.3, 0.4) is 0 Å². The fraction of sp³-hybridized carbons (Fsp3) is 0.846. The average Bonchev–Trinajstić information content (AvgIpc) is 3.15. The summed E-state index contributed by atoms with van der Waals surface area (Å²) in [6.45, 7) is 3.15. The summed E-state index contributed by atoms with van der Waals surface area (Å²) in [5, 5.41) is 5.76. The molecule has 1 aliphatic rings. The Kier molecular flexibility index (Phi) is 6.72. The predicted octanol–water partition coefficient (Wildman–Crippen LogP) is 0.536. The third kappa shape index (κ3) is 6.59. The maximum absolute atomic E-state index is 11.5. The lowest BCUT2D eigenvalue weighted by Gasteiger charge is -2.11. The molecule has 1 saturated carbocycles. The highest BCUT2D eigenvalue weighted by Gasteiger charge is 2.22. The van der Waals surface area contributed by atoms with Gasteiger partial charge in [0.25, 0.3) is 0 Å². The number of hydrogen-bond donors (Lipinski definition) is 3. The van der Waals surface area contributed by atoms with Crippen LogP contribution < -0.4 is 16.4 Å². The fourth-order valence-electron chi connectivity index (χ4n) is 1.73. The zero-order valence-corrected chi connectivity index (χ0v) is 11.2. The van der Waals surface area contributed by atoms with Crippen molar-refractivity contribution in [2.75, 3.05) is 13.1 Å². The molecule has 5 nitrogen and oxygen atoms in total. The first-order chi connectivity index (χ1) is 8.65. The molecule has 104 valence electrons. The van der Waals surface area contributed by atoms with Gasteiger partial charge in [-0.2, -0.15) is 0 Å². The van der Waals surface area contributed by atoms with E-state index in [0.717, 1.165) is 19.3 Å². The molecule has 0 aromatic carbocycles. The van der Waals surface area contributed by atoms with Crippen molar-refractivity contribution in [1.29, 1.82) is 0 Å². The van der Waals surface area contributed by atoms with Gasteiger partial charge in [-0.3, -0.25) is 9.59 Å². The molecule has 1 fully saturated rings. The lowest BCUT2D eigenvalue weighted by molar-refractivity contribution is -0.123. The van der Waals surface area contributed by atoms with Crippen LogP contribution in [0.2, 0.25) is 0 Å². The molecule has 18 heavy (non-hydrogen) atoms. The third-order valence-electron chi connectivity index (χ3n) is 3.23. The van der Waals surface area contributed by atoms with Gasteiger partial charge < -0.3 is 16.4 Å². The molecule has 0 bridgehead atoms. The standard InChI is InChI=1S/C13H25N3O2/c1-2-10(9-14)8-13(18)15-7-3-4-12(17)16-11-5-6-11/h10-11H,2-9,14H2,1H3,(H,15,18)(H,16,17). The first-order valence-corrected chi connectivity index (χ1v) is 6.91. The second kappa shape index (κ2) is 8.08. The molecule has 1 unspecified atom stereocenters. The van der Waals surface area contributed by atoms with E-state index >= 15 is 0 Å². The molecule has 1 aliphatic carbocycles. The zero-order valence-electron chi connectivity index (χ0n) is 11.2. The third-order valence-corrected chi connectivity index (χ3v) is 3.23. The lowest BCUT2D eigenvalue weighted by Crippen LogP contribution is -2.30. The SMILES string of the molecule is CCC(CN)CC(=O)NCCCC(=O)NC1CC1. The molecular weight excluding hydrogens is 230 g/mol. The Labute approximate surface area is 109 Å². The second-order valence-corrected chi connectivity index (χ2v) is 5.01. The summed E-state index contributed by atoms with van der Waals surface area (Å²) in [5.74, 6) is 0.401. The van der Waals surface area contributed by atoms with Crippen molar-refractivity contribution in [3.63, 3.8) is 0 Å². The molecule has 0 heterocycles. The minimum atomic E-state index is 0.0369. The van der Waals surface area contributed by atoms with Crippen molar-refractivity contribution in [3.05, 3.63) is 0 Å². The minimum Gasteiger partial charge on any atom is -0.356 e. The van der Waals surface area contributed by atoms with Crippen LogP contribution in [0.1, 0.15) is 45.4 Å². The highest BCUT2D eigenvalue weighted by atomic mass is 16.2. The van der Waals surface area contributed by atoms with E-state index in [1.54, 1.807) is 0 Å². The van der Waals surface area contributed by atoms with Crippen LogP contribution in [0.4, 0.5) is 0 Å². The summed E-state index contributed by atoms with van der Waals surface area (Å²) in [6.07, 6.45) is 4.82. The topological polar surface area (TPSA) is 84.2 Å². The smallest absolute Gasteiger partial charge is 0.220 e. The highest BCUT2D eigenvalue weighted by molar-refractivity contribution is 5.77. The number of hydrogen-bond acceptors (Lipinski definition) is 3. The van der Waals surface area contributed by atoms with Gasteiger partial charge in [-0.05, 0) is 31.7 Å². The van der Waals surface area contributed by atoms with E-state index in [1.165, 1.54) is 0 Å². The Balaban J connectivity index is 1.98. The van der Waals surface area contributed by atoms with Crippen LogP contribution in [-0.2, 0) is 9.59 Å². The molecule has 0 aliphatic heterocycles. The van der Waals surface area contributed by atoms with Gasteiger partial charge in [0.05, 0.1) is 0 Å². The maximum atomic E-state index is 11.5. The van der Waals surface area contributed by atoms with E-state index < -0.39 is 0 Å². The van der Waals surface area contributed by atoms with Gasteiger partial charge in [-0.15, -0.1) is 0 Å². The van der Waals surface area contributed by atoms with E-state index in [2.05, 4.69) is 10.6 Å². The Bertz CT molecular complexity index is 273. The molecule has 5 heteroatoms. The predicted molar refractivity (Wildman–Crippen MR) is 70.9 cm³/mol. The molecule has 0 aromatic heterocycles. The molecule has 0 saturated heterocycles. The number of nitrogens with two attached hydrogens (primary N) is 1. The normalized spacial score (nSPS) is 16.1. The summed E-state index contributed by atoms with van der Waals surface area (Å²) >= 11 is 0. The largest absolute Gasteiger partial charge is 0.356 e. The van der Waals surface area contributed by atoms with Gasteiger partial charge in [0.2, 0.25) is 11.8 Å². The van der Waals surface area contributed by atoms with Crippen LogP contribution in [0, 0.1) is 5.92 Å². The van der Waals surface area contributed by atoms with Gasteiger partial charge in [0.1, 0.15) is 0 Å². The van der Waals surface area contributed by atoms with Crippen LogP contribution in [0.15, 0.2) is 0 Å². The summed E-state index contributed by atoms with van der Waals surface area (Å²) in [7, 11) is 0. The van der Waals surface area contributed by atoms with Crippen molar-refractivity contribution in [2.45, 2.75) is 51.5 Å². The Morgan fingerprint density at radius 1 is 1.33 bits per heavy atom. The van der Waals surface area contributed by atoms with Crippen LogP contribution in [0.5, 0.6) is 0 Å². The molecule has 2 amide bonds. The molecule has 0 aromatic rings. The number of amides is 2. The first-order valence-electron chi connectivity index (χ1n) is 6.91. The van der Waals surface area contributed by atoms with Crippen LogP contribution >= 0.6 is 0 Å². The number of carbonyl (C=O) groups excluding carboxylic acids is 2. The lowest BCUT2D eigenvalue weighted by atomic mass is 10.0. The molecule has 0 spiro atoms. The van der Waals surface area contributed by atoms with Crippen molar-refractivity contribution in [1.82, 2.24) is 10.6 Å². The Morgan fingerprint density at radius 2 is 2.06 bits per heavy atom. The molecule has 1 rings (SSSR count). The molecular formula is C13H25N3O2. The first kappa shape index (κ1) is 15.0. The number of nitrogens with one attached hydrogen (secondary N) is 2. The summed E-state index contributed by atoms with van der Waals surface area (Å²) < 4.78 is 0. The van der Waals surface area contributed by atoms with Gasteiger partial charge >= 0.3 is 0 Å². The summed E-state index contributed by atoms with van der Waals surface area (Å²) in [5.41, 5.74) is 5.55. The fourth-order valence-corrected chi connectivity index (χ4v) is 1.73. The number of rotatable bonds is 9. The quantitative estimate of drug-likeness (QED) is 0.526. The van der Waals surface area contributed by atoms with Crippen molar-refractivity contribution >= 4 is 11.8 Å². The second-order valence-electron chi connectivity index (χ2n) is 5.01. The Morgan fingerprint density at radius 3 is 2.61 bits per heavy atom. The van der Waals surface area contributed by atoms with E-state index in [9.17, 15) is 9.59 Å². The summed E-state index contributed by atoms with van der Waals surface area (Å²) in [6, 6.07) is 0.418. The molecule has 1 atom stereocenters. The summed E-state index contributed by atoms with van der Waals surface area (Å²) in [4.78, 5) is 22.9. The van der Waals surface area contributed by atoms with E-state index in [1.807, 2.05) is 6.92 Å². The molecule has 4 N–H and O–H groups in total. The van der Waals surface area contributed by atoms with Crippen molar-refractivity contribution in [3.8, 4) is 0 Å². The Hall–Kier alpha value is -1.10. The zero-order chi connectivity index (χ0) is 13.4. The minimum absolute atomic E-state index is 0.0369. The maximum Gasteiger partial charge on any atom is 0.220 e. The van der Waals surface area contributed by atoms with E-state index in [-0.39, 0.29) is 17.7 Å². The number of carbonyl (C=O) groups is 2. The van der Waals surface area contributed by atoms with Gasteiger partial charge in [-0.25, -0.2) is 0 Å². The van der Waals surface area contributed by atoms with E-state index in [4.69, 9.17) is 5.73 Å². The van der Waals surface area contributed by atoms with Crippen molar-refractivity contribution < 1.29 is 9.59 Å². The molecule has 0 radical (unpaired) electrons. The van der Waals surface area contributed by atoms with E-state index in [0.29, 0.717) is 38.4 Å². The highest BCUT2D eigenvalue weighted by Crippen LogP contribution is 2.18. The van der Waals surface area contributed by atoms with Crippen LogP contribution in [-0.4, -0.2) is 30.9 Å². The van der Waals surface area contributed by atoms with Gasteiger partial charge in [0.15, 0.2) is 0 Å².